The van der Waals surface area contributed by atoms with Crippen molar-refractivity contribution in [3.05, 3.63) is 22.4 Å². The first-order valence-electron chi connectivity index (χ1n) is 7.17. The van der Waals surface area contributed by atoms with Crippen molar-refractivity contribution in [2.75, 3.05) is 26.7 Å². The van der Waals surface area contributed by atoms with Crippen LogP contribution in [0.4, 0.5) is 0 Å². The molecule has 0 saturated carbocycles. The van der Waals surface area contributed by atoms with Gasteiger partial charge < -0.3 is 10.2 Å². The predicted octanol–water partition coefficient (Wildman–Crippen LogP) is 3.00. The Morgan fingerprint density at radius 3 is 2.89 bits per heavy atom. The molecule has 0 amide bonds. The molecule has 1 aromatic rings. The molecular formula is C15H26N2S. The number of nitrogens with zero attached hydrogens (tertiary/aromatic N) is 1. The molecule has 1 aliphatic rings. The van der Waals surface area contributed by atoms with Crippen LogP contribution >= 0.6 is 11.3 Å². The third-order valence-electron chi connectivity index (χ3n) is 4.01. The van der Waals surface area contributed by atoms with Gasteiger partial charge in [0.2, 0.25) is 0 Å². The van der Waals surface area contributed by atoms with Gasteiger partial charge in [-0.1, -0.05) is 0 Å². The number of thiophene rings is 1. The molecular weight excluding hydrogens is 240 g/mol. The SMILES string of the molecule is C[C@@H](Cc1ccsc1)NCCC1CCN(C)CC1. The van der Waals surface area contributed by atoms with E-state index in [0.29, 0.717) is 6.04 Å². The van der Waals surface area contributed by atoms with Gasteiger partial charge in [-0.2, -0.15) is 11.3 Å². The summed E-state index contributed by atoms with van der Waals surface area (Å²) in [5.74, 6) is 0.946. The number of piperidine rings is 1. The number of rotatable bonds is 6. The van der Waals surface area contributed by atoms with E-state index in [1.165, 1.54) is 44.5 Å². The zero-order chi connectivity index (χ0) is 12.8. The molecule has 0 radical (unpaired) electrons. The number of nitrogens with one attached hydrogen (secondary N) is 1. The zero-order valence-corrected chi connectivity index (χ0v) is 12.5. The van der Waals surface area contributed by atoms with E-state index in [0.717, 1.165) is 12.3 Å². The molecule has 1 atom stereocenters. The Hall–Kier alpha value is -0.380. The van der Waals surface area contributed by atoms with Crippen molar-refractivity contribution >= 4 is 11.3 Å². The van der Waals surface area contributed by atoms with Crippen LogP contribution in [-0.4, -0.2) is 37.6 Å². The molecule has 1 saturated heterocycles. The summed E-state index contributed by atoms with van der Waals surface area (Å²) in [4.78, 5) is 2.45. The van der Waals surface area contributed by atoms with E-state index >= 15 is 0 Å². The molecule has 0 unspecified atom stereocenters. The van der Waals surface area contributed by atoms with Gasteiger partial charge in [0.15, 0.2) is 0 Å². The smallest absolute Gasteiger partial charge is 0.00794 e. The van der Waals surface area contributed by atoms with Gasteiger partial charge in [0.05, 0.1) is 0 Å². The first-order valence-corrected chi connectivity index (χ1v) is 8.11. The van der Waals surface area contributed by atoms with Crippen LogP contribution < -0.4 is 5.32 Å². The average molecular weight is 266 g/mol. The Kier molecular flexibility index (Phi) is 5.67. The predicted molar refractivity (Wildman–Crippen MR) is 80.3 cm³/mol. The molecule has 0 spiro atoms. The highest BCUT2D eigenvalue weighted by atomic mass is 32.1. The zero-order valence-electron chi connectivity index (χ0n) is 11.7. The average Bonchev–Trinajstić information content (AvgIpc) is 2.84. The second kappa shape index (κ2) is 7.27. The van der Waals surface area contributed by atoms with E-state index in [1.54, 1.807) is 11.3 Å². The first-order chi connectivity index (χ1) is 8.74. The Morgan fingerprint density at radius 2 is 2.22 bits per heavy atom. The summed E-state index contributed by atoms with van der Waals surface area (Å²) in [5, 5.41) is 8.10. The van der Waals surface area contributed by atoms with Crippen molar-refractivity contribution in [1.82, 2.24) is 10.2 Å². The van der Waals surface area contributed by atoms with Gasteiger partial charge in [0, 0.05) is 6.04 Å². The van der Waals surface area contributed by atoms with Crippen LogP contribution in [0, 0.1) is 5.92 Å². The van der Waals surface area contributed by atoms with E-state index in [9.17, 15) is 0 Å². The lowest BCUT2D eigenvalue weighted by Gasteiger charge is -2.29. The minimum atomic E-state index is 0.603. The van der Waals surface area contributed by atoms with E-state index in [2.05, 4.69) is 41.0 Å². The van der Waals surface area contributed by atoms with Crippen LogP contribution in [0.5, 0.6) is 0 Å². The van der Waals surface area contributed by atoms with Crippen LogP contribution in [0.25, 0.3) is 0 Å². The highest BCUT2D eigenvalue weighted by molar-refractivity contribution is 7.07. The van der Waals surface area contributed by atoms with Crippen LogP contribution in [0.15, 0.2) is 16.8 Å². The largest absolute Gasteiger partial charge is 0.314 e. The molecule has 1 aromatic heterocycles. The van der Waals surface area contributed by atoms with Gasteiger partial charge in [-0.05, 0) is 87.6 Å². The topological polar surface area (TPSA) is 15.3 Å². The lowest BCUT2D eigenvalue weighted by Crippen LogP contribution is -2.34. The van der Waals surface area contributed by atoms with Gasteiger partial charge >= 0.3 is 0 Å². The number of hydrogen-bond acceptors (Lipinski definition) is 3. The van der Waals surface area contributed by atoms with Crippen molar-refractivity contribution in [2.45, 2.75) is 38.6 Å². The normalized spacial score (nSPS) is 20.1. The summed E-state index contributed by atoms with van der Waals surface area (Å²) >= 11 is 1.80. The van der Waals surface area contributed by atoms with Gasteiger partial charge in [0.1, 0.15) is 0 Å². The summed E-state index contributed by atoms with van der Waals surface area (Å²) in [6.45, 7) is 6.05. The molecule has 18 heavy (non-hydrogen) atoms. The summed E-state index contributed by atoms with van der Waals surface area (Å²) in [5.41, 5.74) is 1.47. The molecule has 3 heteroatoms. The maximum absolute atomic E-state index is 3.67. The number of hydrogen-bond donors (Lipinski definition) is 1. The second-order valence-electron chi connectivity index (χ2n) is 5.73. The molecule has 102 valence electrons. The molecule has 1 aliphatic heterocycles. The Morgan fingerprint density at radius 1 is 1.44 bits per heavy atom. The van der Waals surface area contributed by atoms with Gasteiger partial charge in [-0.3, -0.25) is 0 Å². The fraction of sp³-hybridized carbons (Fsp3) is 0.733. The second-order valence-corrected chi connectivity index (χ2v) is 6.51. The Labute approximate surface area is 115 Å². The molecule has 1 N–H and O–H groups in total. The van der Waals surface area contributed by atoms with E-state index in [-0.39, 0.29) is 0 Å². The maximum Gasteiger partial charge on any atom is 0.00794 e. The van der Waals surface area contributed by atoms with Gasteiger partial charge in [-0.15, -0.1) is 0 Å². The highest BCUT2D eigenvalue weighted by Crippen LogP contribution is 2.18. The Balaban J connectivity index is 1.57. The van der Waals surface area contributed by atoms with Crippen molar-refractivity contribution < 1.29 is 0 Å². The van der Waals surface area contributed by atoms with E-state index < -0.39 is 0 Å². The lowest BCUT2D eigenvalue weighted by atomic mass is 9.94. The lowest BCUT2D eigenvalue weighted by molar-refractivity contribution is 0.210. The minimum absolute atomic E-state index is 0.603. The summed E-state index contributed by atoms with van der Waals surface area (Å²) in [7, 11) is 2.23. The van der Waals surface area contributed by atoms with Crippen LogP contribution in [-0.2, 0) is 6.42 Å². The Bertz CT molecular complexity index is 315. The molecule has 2 nitrogen and oxygen atoms in total. The van der Waals surface area contributed by atoms with E-state index in [4.69, 9.17) is 0 Å². The van der Waals surface area contributed by atoms with Crippen molar-refractivity contribution in [3.8, 4) is 0 Å². The monoisotopic (exact) mass is 266 g/mol. The van der Waals surface area contributed by atoms with E-state index in [1.807, 2.05) is 0 Å². The molecule has 0 aromatic carbocycles. The van der Waals surface area contributed by atoms with Crippen molar-refractivity contribution in [1.29, 1.82) is 0 Å². The van der Waals surface area contributed by atoms with Gasteiger partial charge in [-0.25, -0.2) is 0 Å². The van der Waals surface area contributed by atoms with Crippen LogP contribution in [0.1, 0.15) is 31.7 Å². The first kappa shape index (κ1) is 14.0. The third-order valence-corrected chi connectivity index (χ3v) is 4.74. The molecule has 0 bridgehead atoms. The minimum Gasteiger partial charge on any atom is -0.314 e. The fourth-order valence-corrected chi connectivity index (χ4v) is 3.40. The highest BCUT2D eigenvalue weighted by Gasteiger charge is 2.16. The molecule has 2 heterocycles. The maximum atomic E-state index is 3.67. The number of likely N-dealkylation sites (tertiary alicyclic amines) is 1. The van der Waals surface area contributed by atoms with Crippen LogP contribution in [0.3, 0.4) is 0 Å². The molecule has 1 fully saturated rings. The molecule has 2 rings (SSSR count). The van der Waals surface area contributed by atoms with Gasteiger partial charge in [0.25, 0.3) is 0 Å². The summed E-state index contributed by atoms with van der Waals surface area (Å²) in [6.07, 6.45) is 5.28. The van der Waals surface area contributed by atoms with Crippen molar-refractivity contribution in [3.63, 3.8) is 0 Å². The molecule has 0 aliphatic carbocycles. The standard InChI is InChI=1S/C15H26N2S/c1-13(11-15-6-10-18-12-15)16-7-3-14-4-8-17(2)9-5-14/h6,10,12-14,16H,3-5,7-9,11H2,1-2H3/t13-/m0/s1. The summed E-state index contributed by atoms with van der Waals surface area (Å²) < 4.78 is 0. The van der Waals surface area contributed by atoms with Crippen LogP contribution in [0.2, 0.25) is 0 Å². The third kappa shape index (κ3) is 4.71. The van der Waals surface area contributed by atoms with Crippen molar-refractivity contribution in [2.24, 2.45) is 5.92 Å². The quantitative estimate of drug-likeness (QED) is 0.851. The fourth-order valence-electron chi connectivity index (χ4n) is 2.72. The summed E-state index contributed by atoms with van der Waals surface area (Å²) in [6, 6.07) is 2.84.